The summed E-state index contributed by atoms with van der Waals surface area (Å²) in [6, 6.07) is 7.28. The van der Waals surface area contributed by atoms with Crippen molar-refractivity contribution in [1.82, 2.24) is 20.1 Å². The number of nitrogens with two attached hydrogens (primary N) is 1. The summed E-state index contributed by atoms with van der Waals surface area (Å²) < 4.78 is 5.21. The molecular weight excluding hydrogens is 310 g/mol. The number of hydrogen-bond acceptors (Lipinski definition) is 7. The number of nitrogen functional groups attached to an aromatic ring is 1. The highest BCUT2D eigenvalue weighted by molar-refractivity contribution is 7.98. The molecule has 0 aliphatic carbocycles. The van der Waals surface area contributed by atoms with Crippen molar-refractivity contribution >= 4 is 29.2 Å². The van der Waals surface area contributed by atoms with Crippen molar-refractivity contribution in [2.75, 3.05) is 5.73 Å². The first-order valence-electron chi connectivity index (χ1n) is 6.00. The lowest BCUT2D eigenvalue weighted by molar-refractivity contribution is 0.391. The van der Waals surface area contributed by atoms with Crippen LogP contribution in [0.5, 0.6) is 0 Å². The van der Waals surface area contributed by atoms with Gasteiger partial charge in [0.15, 0.2) is 5.82 Å². The molecule has 2 aromatic heterocycles. The van der Waals surface area contributed by atoms with E-state index in [4.69, 9.17) is 21.9 Å². The fraction of sp³-hybridized carbons (Fsp3) is 0.0769. The zero-order valence-electron chi connectivity index (χ0n) is 10.7. The van der Waals surface area contributed by atoms with Crippen molar-refractivity contribution in [2.24, 2.45) is 0 Å². The van der Waals surface area contributed by atoms with Gasteiger partial charge in [-0.1, -0.05) is 40.7 Å². The first kappa shape index (κ1) is 13.8. The lowest BCUT2D eigenvalue weighted by Gasteiger charge is -1.99. The van der Waals surface area contributed by atoms with Gasteiger partial charge in [-0.05, 0) is 12.1 Å². The van der Waals surface area contributed by atoms with Crippen LogP contribution in [-0.4, -0.2) is 20.1 Å². The number of aromatic nitrogens is 4. The molecule has 0 radical (unpaired) electrons. The highest BCUT2D eigenvalue weighted by Crippen LogP contribution is 2.25. The lowest BCUT2D eigenvalue weighted by Crippen LogP contribution is -1.95. The zero-order chi connectivity index (χ0) is 14.7. The van der Waals surface area contributed by atoms with Crippen molar-refractivity contribution < 1.29 is 4.52 Å². The molecule has 106 valence electrons. The second-order valence-corrected chi connectivity index (χ2v) is 5.46. The van der Waals surface area contributed by atoms with E-state index in [1.807, 2.05) is 12.1 Å². The van der Waals surface area contributed by atoms with Gasteiger partial charge in [-0.2, -0.15) is 4.98 Å². The largest absolute Gasteiger partial charge is 0.381 e. The van der Waals surface area contributed by atoms with E-state index in [0.717, 1.165) is 5.56 Å². The van der Waals surface area contributed by atoms with Crippen LogP contribution in [0.2, 0.25) is 5.02 Å². The van der Waals surface area contributed by atoms with Gasteiger partial charge in [-0.15, -0.1) is 0 Å². The molecule has 0 amide bonds. The molecule has 21 heavy (non-hydrogen) atoms. The van der Waals surface area contributed by atoms with Gasteiger partial charge in [0.05, 0.1) is 5.75 Å². The Morgan fingerprint density at radius 1 is 1.24 bits per heavy atom. The van der Waals surface area contributed by atoms with E-state index in [-0.39, 0.29) is 0 Å². The third-order valence-corrected chi connectivity index (χ3v) is 3.79. The van der Waals surface area contributed by atoms with Gasteiger partial charge >= 0.3 is 0 Å². The van der Waals surface area contributed by atoms with E-state index in [1.54, 1.807) is 24.5 Å². The Hall–Kier alpha value is -2.12. The first-order chi connectivity index (χ1) is 10.2. The standard InChI is InChI=1S/C13H10ClN5OS/c14-9-3-1-2-8(6-9)12-18-10(20-19-12)7-21-13-11(15)16-4-5-17-13/h1-6H,7H2,(H2,15,16). The zero-order valence-corrected chi connectivity index (χ0v) is 12.3. The highest BCUT2D eigenvalue weighted by atomic mass is 35.5. The molecule has 8 heteroatoms. The molecule has 6 nitrogen and oxygen atoms in total. The summed E-state index contributed by atoms with van der Waals surface area (Å²) in [5.41, 5.74) is 6.53. The molecule has 0 unspecified atom stereocenters. The van der Waals surface area contributed by atoms with Crippen molar-refractivity contribution in [2.45, 2.75) is 10.8 Å². The van der Waals surface area contributed by atoms with Gasteiger partial charge in [0, 0.05) is 23.0 Å². The Bertz CT molecular complexity index is 764. The third-order valence-electron chi connectivity index (χ3n) is 2.57. The van der Waals surface area contributed by atoms with Crippen LogP contribution in [-0.2, 0) is 5.75 Å². The maximum atomic E-state index is 5.94. The monoisotopic (exact) mass is 319 g/mol. The molecule has 0 atom stereocenters. The second kappa shape index (κ2) is 6.11. The summed E-state index contributed by atoms with van der Waals surface area (Å²) in [7, 11) is 0. The first-order valence-corrected chi connectivity index (χ1v) is 7.36. The topological polar surface area (TPSA) is 90.7 Å². The quantitative estimate of drug-likeness (QED) is 0.739. The summed E-state index contributed by atoms with van der Waals surface area (Å²) in [5.74, 6) is 1.84. The van der Waals surface area contributed by atoms with Gasteiger partial charge in [0.1, 0.15) is 5.03 Å². The van der Waals surface area contributed by atoms with Crippen LogP contribution in [0.3, 0.4) is 0 Å². The fourth-order valence-corrected chi connectivity index (χ4v) is 2.54. The van der Waals surface area contributed by atoms with Gasteiger partial charge in [0.25, 0.3) is 0 Å². The van der Waals surface area contributed by atoms with E-state index < -0.39 is 0 Å². The number of benzene rings is 1. The Labute approximate surface area is 129 Å². The van der Waals surface area contributed by atoms with E-state index in [0.29, 0.717) is 33.3 Å². The molecule has 0 aliphatic heterocycles. The minimum atomic E-state index is 0.386. The van der Waals surface area contributed by atoms with Crippen LogP contribution in [0, 0.1) is 0 Å². The summed E-state index contributed by atoms with van der Waals surface area (Å²) in [6.45, 7) is 0. The Morgan fingerprint density at radius 2 is 2.10 bits per heavy atom. The number of anilines is 1. The summed E-state index contributed by atoms with van der Waals surface area (Å²) >= 11 is 7.33. The number of nitrogens with zero attached hydrogens (tertiary/aromatic N) is 4. The normalized spacial score (nSPS) is 10.7. The average molecular weight is 320 g/mol. The fourth-order valence-electron chi connectivity index (χ4n) is 1.64. The van der Waals surface area contributed by atoms with E-state index in [2.05, 4.69) is 20.1 Å². The smallest absolute Gasteiger partial charge is 0.237 e. The molecule has 0 aliphatic rings. The summed E-state index contributed by atoms with van der Waals surface area (Å²) in [6.07, 6.45) is 3.13. The minimum Gasteiger partial charge on any atom is -0.381 e. The molecule has 0 spiro atoms. The number of hydrogen-bond donors (Lipinski definition) is 1. The van der Waals surface area contributed by atoms with Crippen molar-refractivity contribution in [3.05, 3.63) is 47.6 Å². The molecule has 3 aromatic rings. The molecule has 0 saturated heterocycles. The minimum absolute atomic E-state index is 0.386. The lowest BCUT2D eigenvalue weighted by atomic mass is 10.2. The highest BCUT2D eigenvalue weighted by Gasteiger charge is 2.11. The van der Waals surface area contributed by atoms with Crippen LogP contribution >= 0.6 is 23.4 Å². The van der Waals surface area contributed by atoms with Crippen LogP contribution in [0.4, 0.5) is 5.82 Å². The van der Waals surface area contributed by atoms with Gasteiger partial charge < -0.3 is 10.3 Å². The third kappa shape index (κ3) is 3.32. The summed E-state index contributed by atoms with van der Waals surface area (Å²) in [4.78, 5) is 12.4. The molecule has 0 saturated carbocycles. The van der Waals surface area contributed by atoms with Crippen molar-refractivity contribution in [3.63, 3.8) is 0 Å². The van der Waals surface area contributed by atoms with Gasteiger partial charge in [0.2, 0.25) is 11.7 Å². The molecule has 2 N–H and O–H groups in total. The number of rotatable bonds is 4. The number of halogens is 1. The van der Waals surface area contributed by atoms with E-state index in [9.17, 15) is 0 Å². The predicted octanol–water partition coefficient (Wildman–Crippen LogP) is 3.05. The molecule has 0 bridgehead atoms. The predicted molar refractivity (Wildman–Crippen MR) is 80.7 cm³/mol. The van der Waals surface area contributed by atoms with Crippen molar-refractivity contribution in [3.8, 4) is 11.4 Å². The Kier molecular flexibility index (Phi) is 4.03. The molecule has 3 rings (SSSR count). The van der Waals surface area contributed by atoms with Crippen LogP contribution in [0.25, 0.3) is 11.4 Å². The van der Waals surface area contributed by atoms with Crippen molar-refractivity contribution in [1.29, 1.82) is 0 Å². The van der Waals surface area contributed by atoms with Crippen LogP contribution in [0.15, 0.2) is 46.2 Å². The van der Waals surface area contributed by atoms with Gasteiger partial charge in [-0.3, -0.25) is 0 Å². The Morgan fingerprint density at radius 3 is 2.90 bits per heavy atom. The average Bonchev–Trinajstić information content (AvgIpc) is 2.95. The number of thioether (sulfide) groups is 1. The van der Waals surface area contributed by atoms with E-state index in [1.165, 1.54) is 11.8 Å². The molecular formula is C13H10ClN5OS. The summed E-state index contributed by atoms with van der Waals surface area (Å²) in [5, 5.41) is 5.20. The Balaban J connectivity index is 1.72. The van der Waals surface area contributed by atoms with Crippen LogP contribution < -0.4 is 5.73 Å². The molecule has 1 aromatic carbocycles. The van der Waals surface area contributed by atoms with Gasteiger partial charge in [-0.25, -0.2) is 9.97 Å². The second-order valence-electron chi connectivity index (χ2n) is 4.06. The SMILES string of the molecule is Nc1nccnc1SCc1nc(-c2cccc(Cl)c2)no1. The molecule has 2 heterocycles. The maximum absolute atomic E-state index is 5.94. The van der Waals surface area contributed by atoms with Crippen LogP contribution in [0.1, 0.15) is 5.89 Å². The van der Waals surface area contributed by atoms with E-state index >= 15 is 0 Å². The maximum Gasteiger partial charge on any atom is 0.237 e. The molecule has 0 fully saturated rings.